The summed E-state index contributed by atoms with van der Waals surface area (Å²) in [5.41, 5.74) is 7.50. The van der Waals surface area contributed by atoms with Gasteiger partial charge in [0.2, 0.25) is 0 Å². The van der Waals surface area contributed by atoms with E-state index in [4.69, 9.17) is 10.5 Å². The van der Waals surface area contributed by atoms with Crippen molar-refractivity contribution in [2.24, 2.45) is 5.73 Å². The first-order valence-corrected chi connectivity index (χ1v) is 11.0. The second kappa shape index (κ2) is 12.8. The molecule has 0 aliphatic heterocycles. The van der Waals surface area contributed by atoms with Crippen LogP contribution >= 0.6 is 0 Å². The van der Waals surface area contributed by atoms with Crippen LogP contribution in [0.1, 0.15) is 45.1 Å². The average molecular weight is 431 g/mol. The molecular formula is C24H35FN4O2. The van der Waals surface area contributed by atoms with Crippen LogP contribution in [0.25, 0.3) is 0 Å². The van der Waals surface area contributed by atoms with Gasteiger partial charge in [-0.15, -0.1) is 0 Å². The molecule has 0 spiro atoms. The fourth-order valence-electron chi connectivity index (χ4n) is 3.42. The third-order valence-electron chi connectivity index (χ3n) is 4.92. The lowest BCUT2D eigenvalue weighted by Crippen LogP contribution is -2.28. The minimum absolute atomic E-state index is 0.187. The van der Waals surface area contributed by atoms with Crippen LogP contribution in [0.5, 0.6) is 5.75 Å². The summed E-state index contributed by atoms with van der Waals surface area (Å²) in [4.78, 5) is 14.0. The number of halogens is 1. The number of hydrogen-bond donors (Lipinski definition) is 3. The molecule has 0 bridgehead atoms. The van der Waals surface area contributed by atoms with E-state index in [1.807, 2.05) is 39.1 Å². The zero-order valence-electron chi connectivity index (χ0n) is 18.8. The quantitative estimate of drug-likeness (QED) is 0.584. The van der Waals surface area contributed by atoms with Gasteiger partial charge in [0.25, 0.3) is 0 Å². The highest BCUT2D eigenvalue weighted by Crippen LogP contribution is 2.33. The maximum absolute atomic E-state index is 13.1. The van der Waals surface area contributed by atoms with E-state index in [1.54, 1.807) is 12.1 Å². The molecule has 0 unspecified atom stereocenters. The number of rotatable bonds is 7. The van der Waals surface area contributed by atoms with Crippen molar-refractivity contribution in [2.45, 2.75) is 52.2 Å². The number of urea groups is 1. The van der Waals surface area contributed by atoms with Crippen molar-refractivity contribution in [3.63, 3.8) is 0 Å². The first-order valence-electron chi connectivity index (χ1n) is 11.0. The maximum atomic E-state index is 13.1. The molecule has 7 heteroatoms. The molecule has 2 aromatic rings. The molecule has 0 radical (unpaired) electrons. The Morgan fingerprint density at radius 2 is 1.81 bits per heavy atom. The molecule has 2 amide bonds. The van der Waals surface area contributed by atoms with Gasteiger partial charge in [-0.05, 0) is 69.0 Å². The Morgan fingerprint density at radius 3 is 2.42 bits per heavy atom. The molecule has 0 atom stereocenters. The molecule has 1 aliphatic carbocycles. The van der Waals surface area contributed by atoms with Gasteiger partial charge in [0.15, 0.2) is 0 Å². The van der Waals surface area contributed by atoms with Crippen LogP contribution in [0.4, 0.5) is 20.6 Å². The molecule has 1 saturated carbocycles. The monoisotopic (exact) mass is 430 g/mol. The predicted molar refractivity (Wildman–Crippen MR) is 125 cm³/mol. The number of carbonyl (C=O) groups is 1. The maximum Gasteiger partial charge on any atom is 0.319 e. The van der Waals surface area contributed by atoms with Crippen molar-refractivity contribution in [2.75, 3.05) is 30.4 Å². The van der Waals surface area contributed by atoms with E-state index < -0.39 is 0 Å². The second-order valence-electron chi connectivity index (χ2n) is 7.58. The van der Waals surface area contributed by atoms with Crippen LogP contribution in [-0.2, 0) is 6.54 Å². The molecule has 1 aliphatic rings. The van der Waals surface area contributed by atoms with Crippen LogP contribution in [0.15, 0.2) is 42.5 Å². The molecule has 0 saturated heterocycles. The lowest BCUT2D eigenvalue weighted by molar-refractivity contribution is 0.211. The molecule has 6 nitrogen and oxygen atoms in total. The molecule has 0 aromatic heterocycles. The second-order valence-corrected chi connectivity index (χ2v) is 7.58. The zero-order chi connectivity index (χ0) is 22.6. The molecular weight excluding hydrogens is 395 g/mol. The summed E-state index contributed by atoms with van der Waals surface area (Å²) in [6.07, 6.45) is 4.61. The molecule has 0 heterocycles. The molecule has 2 aromatic carbocycles. The third kappa shape index (κ3) is 8.09. The highest BCUT2D eigenvalue weighted by Gasteiger charge is 2.19. The van der Waals surface area contributed by atoms with Gasteiger partial charge in [-0.1, -0.05) is 19.1 Å². The van der Waals surface area contributed by atoms with Gasteiger partial charge in [0, 0.05) is 31.9 Å². The molecule has 170 valence electrons. The van der Waals surface area contributed by atoms with Crippen molar-refractivity contribution >= 4 is 17.4 Å². The van der Waals surface area contributed by atoms with Crippen LogP contribution in [0.3, 0.4) is 0 Å². The number of nitrogens with two attached hydrogens (primary N) is 1. The smallest absolute Gasteiger partial charge is 0.319 e. The Balaban J connectivity index is 0.00000107. The van der Waals surface area contributed by atoms with Crippen molar-refractivity contribution in [3.8, 4) is 5.75 Å². The Labute approximate surface area is 185 Å². The molecule has 1 fully saturated rings. The Kier molecular flexibility index (Phi) is 10.1. The van der Waals surface area contributed by atoms with Crippen molar-refractivity contribution in [1.29, 1.82) is 0 Å². The first-order chi connectivity index (χ1) is 15.0. The zero-order valence-corrected chi connectivity index (χ0v) is 18.8. The number of hydrogen-bond acceptors (Lipinski definition) is 4. The Morgan fingerprint density at radius 1 is 1.16 bits per heavy atom. The van der Waals surface area contributed by atoms with Crippen LogP contribution in [-0.4, -0.2) is 32.3 Å². The average Bonchev–Trinajstić information content (AvgIpc) is 3.25. The summed E-state index contributed by atoms with van der Waals surface area (Å²) in [5.74, 6) is 0.445. The van der Waals surface area contributed by atoms with Crippen molar-refractivity contribution in [1.82, 2.24) is 5.32 Å². The van der Waals surface area contributed by atoms with Crippen LogP contribution in [0.2, 0.25) is 0 Å². The number of nitrogens with zero attached hydrogens (tertiary/aromatic N) is 1. The minimum atomic E-state index is -0.244. The van der Waals surface area contributed by atoms with Gasteiger partial charge in [0.05, 0.1) is 11.8 Å². The highest BCUT2D eigenvalue weighted by atomic mass is 19.1. The SMILES string of the molecule is CCN.CCNC(=O)Nc1ccc(N(C)Cc2ccc(F)cc2)cc1OC1CCCC1. The van der Waals surface area contributed by atoms with E-state index >= 15 is 0 Å². The lowest BCUT2D eigenvalue weighted by atomic mass is 10.2. The normalized spacial score (nSPS) is 13.2. The van der Waals surface area contributed by atoms with Gasteiger partial charge in [-0.25, -0.2) is 9.18 Å². The standard InChI is InChI=1S/C22H28FN3O2.C2H7N/c1-3-24-22(27)25-20-13-12-18(14-21(20)28-19-6-4-5-7-19)26(2)15-16-8-10-17(23)11-9-16;1-2-3/h8-14,19H,3-7,15H2,1-2H3,(H2,24,25,27);2-3H2,1H3. The van der Waals surface area contributed by atoms with Crippen molar-refractivity contribution < 1.29 is 13.9 Å². The van der Waals surface area contributed by atoms with Gasteiger partial charge < -0.3 is 26.0 Å². The molecule has 3 rings (SSSR count). The van der Waals surface area contributed by atoms with E-state index in [1.165, 1.54) is 25.0 Å². The summed E-state index contributed by atoms with van der Waals surface area (Å²) < 4.78 is 19.4. The van der Waals surface area contributed by atoms with E-state index in [9.17, 15) is 9.18 Å². The van der Waals surface area contributed by atoms with E-state index in [0.717, 1.165) is 30.6 Å². The highest BCUT2D eigenvalue weighted by molar-refractivity contribution is 5.91. The number of nitrogens with one attached hydrogen (secondary N) is 2. The van der Waals surface area contributed by atoms with Gasteiger partial charge in [0.1, 0.15) is 11.6 Å². The van der Waals surface area contributed by atoms with Gasteiger partial charge in [-0.2, -0.15) is 0 Å². The lowest BCUT2D eigenvalue weighted by Gasteiger charge is -2.23. The first kappa shape index (κ1) is 24.5. The summed E-state index contributed by atoms with van der Waals surface area (Å²) >= 11 is 0. The summed E-state index contributed by atoms with van der Waals surface area (Å²) in [6.45, 7) is 5.73. The van der Waals surface area contributed by atoms with Crippen molar-refractivity contribution in [3.05, 3.63) is 53.8 Å². The number of ether oxygens (including phenoxy) is 1. The fraction of sp³-hybridized carbons (Fsp3) is 0.458. The Hall–Kier alpha value is -2.80. The number of anilines is 2. The largest absolute Gasteiger partial charge is 0.488 e. The van der Waals surface area contributed by atoms with E-state index in [2.05, 4.69) is 15.5 Å². The van der Waals surface area contributed by atoms with Gasteiger partial charge in [-0.3, -0.25) is 0 Å². The summed E-state index contributed by atoms with van der Waals surface area (Å²) in [5, 5.41) is 5.62. The van der Waals surface area contributed by atoms with E-state index in [0.29, 0.717) is 24.5 Å². The number of benzene rings is 2. The minimum Gasteiger partial charge on any atom is -0.488 e. The van der Waals surface area contributed by atoms with Crippen LogP contribution < -0.4 is 26.0 Å². The summed E-state index contributed by atoms with van der Waals surface area (Å²) in [6, 6.07) is 12.0. The topological polar surface area (TPSA) is 79.6 Å². The Bertz CT molecular complexity index is 808. The third-order valence-corrected chi connectivity index (χ3v) is 4.92. The summed E-state index contributed by atoms with van der Waals surface area (Å²) in [7, 11) is 1.98. The number of amides is 2. The number of carbonyl (C=O) groups excluding carboxylic acids is 1. The van der Waals surface area contributed by atoms with Crippen LogP contribution in [0, 0.1) is 5.82 Å². The van der Waals surface area contributed by atoms with E-state index in [-0.39, 0.29) is 18.0 Å². The fourth-order valence-corrected chi connectivity index (χ4v) is 3.42. The van der Waals surface area contributed by atoms with Gasteiger partial charge >= 0.3 is 6.03 Å². The molecule has 4 N–H and O–H groups in total. The predicted octanol–water partition coefficient (Wildman–Crippen LogP) is 4.89. The molecule has 31 heavy (non-hydrogen) atoms.